The summed E-state index contributed by atoms with van der Waals surface area (Å²) >= 11 is 0. The average molecular weight is 1110 g/mol. The van der Waals surface area contributed by atoms with Crippen LogP contribution in [0.5, 0.6) is 0 Å². The maximum Gasteiger partial charge on any atom is 0.0713 e. The number of rotatable bonds is 10. The first-order valence-corrected chi connectivity index (χ1v) is 30.1. The zero-order chi connectivity index (χ0) is 57.4. The van der Waals surface area contributed by atoms with Crippen LogP contribution in [0.3, 0.4) is 0 Å². The van der Waals surface area contributed by atoms with Gasteiger partial charge in [-0.1, -0.05) is 267 Å². The molecule has 0 N–H and O–H groups in total. The van der Waals surface area contributed by atoms with Crippen molar-refractivity contribution < 1.29 is 0 Å². The zero-order valence-corrected chi connectivity index (χ0v) is 47.7. The highest BCUT2D eigenvalue weighted by molar-refractivity contribution is 6.13. The molecule has 0 radical (unpaired) electrons. The van der Waals surface area contributed by atoms with Crippen molar-refractivity contribution in [1.82, 2.24) is 9.13 Å². The maximum absolute atomic E-state index is 2.43. The Morgan fingerprint density at radius 2 is 0.483 bits per heavy atom. The molecule has 2 nitrogen and oxygen atoms in total. The van der Waals surface area contributed by atoms with Gasteiger partial charge in [-0.3, -0.25) is 0 Å². The Labute approximate surface area is 506 Å². The normalized spacial score (nSPS) is 12.5. The molecule has 0 unspecified atom stereocenters. The summed E-state index contributed by atoms with van der Waals surface area (Å²) in [4.78, 5) is 0. The predicted octanol–water partition coefficient (Wildman–Crippen LogP) is 22.2. The van der Waals surface area contributed by atoms with Gasteiger partial charge in [0.25, 0.3) is 0 Å². The highest BCUT2D eigenvalue weighted by atomic mass is 15.0. The summed E-state index contributed by atoms with van der Waals surface area (Å²) < 4.78 is 4.79. The van der Waals surface area contributed by atoms with Crippen molar-refractivity contribution in [3.8, 4) is 89.3 Å². The Morgan fingerprint density at radius 1 is 0.184 bits per heavy atom. The third-order valence-electron chi connectivity index (χ3n) is 18.5. The number of fused-ring (bicyclic) bond motifs is 9. The molecule has 16 aromatic rings. The van der Waals surface area contributed by atoms with Crippen molar-refractivity contribution in [3.63, 3.8) is 0 Å². The molecule has 2 heterocycles. The number of hydrogen-bond donors (Lipinski definition) is 0. The molecule has 1 aliphatic rings. The summed E-state index contributed by atoms with van der Waals surface area (Å²) in [5, 5.41) is 4.99. The van der Waals surface area contributed by atoms with E-state index in [9.17, 15) is 0 Å². The summed E-state index contributed by atoms with van der Waals surface area (Å²) in [6, 6.07) is 126. The molecular weight excluding hydrogens is 1050 g/mol. The first-order valence-electron chi connectivity index (χ1n) is 30.1. The summed E-state index contributed by atoms with van der Waals surface area (Å²) in [7, 11) is 0. The van der Waals surface area contributed by atoms with E-state index in [1.54, 1.807) is 0 Å². The van der Waals surface area contributed by atoms with Crippen LogP contribution >= 0.6 is 0 Å². The fourth-order valence-electron chi connectivity index (χ4n) is 14.3. The van der Waals surface area contributed by atoms with Crippen molar-refractivity contribution in [3.05, 3.63) is 362 Å². The molecule has 0 amide bonds. The molecular formula is C85H56N2. The smallest absolute Gasteiger partial charge is 0.0713 e. The van der Waals surface area contributed by atoms with Gasteiger partial charge in [0.05, 0.1) is 27.5 Å². The fourth-order valence-corrected chi connectivity index (χ4v) is 14.3. The lowest BCUT2D eigenvalue weighted by atomic mass is 9.67. The van der Waals surface area contributed by atoms with Crippen LogP contribution in [0.25, 0.3) is 133 Å². The molecule has 1 aliphatic carbocycles. The lowest BCUT2D eigenvalue weighted by Crippen LogP contribution is -2.28. The molecule has 406 valence electrons. The molecule has 0 bridgehead atoms. The Balaban J connectivity index is 0.653. The van der Waals surface area contributed by atoms with Gasteiger partial charge in [0.1, 0.15) is 0 Å². The van der Waals surface area contributed by atoms with Gasteiger partial charge in [-0.25, -0.2) is 0 Å². The van der Waals surface area contributed by atoms with Gasteiger partial charge in [0.2, 0.25) is 0 Å². The maximum atomic E-state index is 2.43. The molecule has 0 saturated heterocycles. The summed E-state index contributed by atoms with van der Waals surface area (Å²) in [5.74, 6) is 0. The molecule has 2 heteroatoms. The van der Waals surface area contributed by atoms with Crippen molar-refractivity contribution in [2.24, 2.45) is 0 Å². The van der Waals surface area contributed by atoms with Crippen LogP contribution in [0.4, 0.5) is 0 Å². The van der Waals surface area contributed by atoms with Gasteiger partial charge in [-0.2, -0.15) is 0 Å². The van der Waals surface area contributed by atoms with Crippen molar-refractivity contribution in [2.45, 2.75) is 5.41 Å². The van der Waals surface area contributed by atoms with Gasteiger partial charge in [0, 0.05) is 32.9 Å². The lowest BCUT2D eigenvalue weighted by molar-refractivity contribution is 0.769. The molecule has 0 spiro atoms. The Kier molecular flexibility index (Phi) is 11.8. The van der Waals surface area contributed by atoms with Gasteiger partial charge in [-0.15, -0.1) is 0 Å². The molecule has 0 atom stereocenters. The zero-order valence-electron chi connectivity index (χ0n) is 47.7. The minimum absolute atomic E-state index is 0.535. The van der Waals surface area contributed by atoms with Gasteiger partial charge in [-0.05, 0) is 173 Å². The second-order valence-electron chi connectivity index (χ2n) is 23.2. The Morgan fingerprint density at radius 3 is 0.931 bits per heavy atom. The molecule has 2 aromatic heterocycles. The minimum Gasteiger partial charge on any atom is -0.309 e. The first-order chi connectivity index (χ1) is 43.1. The number of benzene rings is 14. The van der Waals surface area contributed by atoms with Crippen LogP contribution in [-0.2, 0) is 5.41 Å². The third-order valence-corrected chi connectivity index (χ3v) is 18.5. The van der Waals surface area contributed by atoms with E-state index in [-0.39, 0.29) is 0 Å². The topological polar surface area (TPSA) is 9.86 Å². The van der Waals surface area contributed by atoms with E-state index in [0.29, 0.717) is 0 Å². The molecule has 14 aromatic carbocycles. The second-order valence-corrected chi connectivity index (χ2v) is 23.2. The van der Waals surface area contributed by atoms with Crippen LogP contribution < -0.4 is 0 Å². The van der Waals surface area contributed by atoms with E-state index in [4.69, 9.17) is 0 Å². The third kappa shape index (κ3) is 8.25. The van der Waals surface area contributed by atoms with Crippen molar-refractivity contribution in [2.75, 3.05) is 0 Å². The van der Waals surface area contributed by atoms with Crippen molar-refractivity contribution in [1.29, 1.82) is 0 Å². The molecule has 0 saturated carbocycles. The molecule has 87 heavy (non-hydrogen) atoms. The van der Waals surface area contributed by atoms with E-state index < -0.39 is 5.41 Å². The number of aromatic nitrogens is 2. The Bertz CT molecular complexity index is 5230. The number of para-hydroxylation sites is 3. The minimum atomic E-state index is -0.535. The molecule has 17 rings (SSSR count). The highest BCUT2D eigenvalue weighted by Crippen LogP contribution is 2.57. The monoisotopic (exact) mass is 1100 g/mol. The van der Waals surface area contributed by atoms with E-state index in [1.807, 2.05) is 0 Å². The predicted molar refractivity (Wildman–Crippen MR) is 365 cm³/mol. The van der Waals surface area contributed by atoms with Crippen LogP contribution in [0, 0.1) is 0 Å². The van der Waals surface area contributed by atoms with Crippen LogP contribution in [0.15, 0.2) is 340 Å². The van der Waals surface area contributed by atoms with E-state index in [2.05, 4.69) is 349 Å². The summed E-state index contributed by atoms with van der Waals surface area (Å²) in [6.07, 6.45) is 0. The van der Waals surface area contributed by atoms with Gasteiger partial charge >= 0.3 is 0 Å². The van der Waals surface area contributed by atoms with Crippen LogP contribution in [0.1, 0.15) is 22.3 Å². The highest BCUT2D eigenvalue weighted by Gasteiger charge is 2.46. The van der Waals surface area contributed by atoms with Crippen LogP contribution in [-0.4, -0.2) is 9.13 Å². The molecule has 0 aliphatic heterocycles. The standard InChI is InChI=1S/C85H56N2/c1-3-17-57(18-4-1)58-37-41-63(42-38-58)65-19-15-21-69(53-65)85(79-29-11-7-25-73(79)74-26-8-12-30-80(74)85)70-22-16-20-66(54-70)64-43-39-60(40-44-64)59-33-35-61(36-34-59)62-45-49-72(50-46-62)87-82-32-14-10-28-76(82)78-56-68(48-52-84(78)87)67-47-51-83-77(55-67)75-27-9-13-31-81(75)86(83)71-23-5-2-6-24-71/h1-56H. The summed E-state index contributed by atoms with van der Waals surface area (Å²) in [5.41, 5.74) is 28.6. The fraction of sp³-hybridized carbons (Fsp3) is 0.0118. The largest absolute Gasteiger partial charge is 0.309 e. The number of hydrogen-bond acceptors (Lipinski definition) is 0. The van der Waals surface area contributed by atoms with E-state index in [1.165, 1.54) is 149 Å². The summed E-state index contributed by atoms with van der Waals surface area (Å²) in [6.45, 7) is 0. The first kappa shape index (κ1) is 50.2. The van der Waals surface area contributed by atoms with Gasteiger partial charge in [0.15, 0.2) is 0 Å². The second kappa shape index (κ2) is 20.5. The average Bonchev–Trinajstić information content (AvgIpc) is 1.61. The van der Waals surface area contributed by atoms with E-state index >= 15 is 0 Å². The van der Waals surface area contributed by atoms with Gasteiger partial charge < -0.3 is 9.13 Å². The lowest BCUT2D eigenvalue weighted by Gasteiger charge is -2.34. The van der Waals surface area contributed by atoms with Crippen LogP contribution in [0.2, 0.25) is 0 Å². The van der Waals surface area contributed by atoms with E-state index in [0.717, 1.165) is 5.69 Å². The van der Waals surface area contributed by atoms with Crippen molar-refractivity contribution >= 4 is 43.6 Å². The molecule has 0 fully saturated rings. The number of nitrogens with zero attached hydrogens (tertiary/aromatic N) is 2. The quantitative estimate of drug-likeness (QED) is 0.129. The Hall–Kier alpha value is -11.3. The SMILES string of the molecule is c1ccc(-c2ccc(-c3cccc(C4(c5cccc(-c6ccc(-c7ccc(-c8ccc(-n9c%10ccccc%10c%10cc(-c%11ccc%12c(c%11)c%11ccccc%11n%12-c%11ccccc%11)ccc%109)cc8)cc7)cc6)c5)c5ccccc5-c5ccccc54)c3)cc2)cc1.